The maximum Gasteiger partial charge on any atom is 3.00 e. The number of likely N-dealkylation sites (tertiary alicyclic amines) is 4. The minimum Gasteiger partial charge on any atom is -0.872 e. The predicted octanol–water partition coefficient (Wildman–Crippen LogP) is 21.5. The molecule has 10 nitrogen and oxygen atoms in total. The van der Waals surface area contributed by atoms with Crippen molar-refractivity contribution in [2.24, 2.45) is 0 Å². The van der Waals surface area contributed by atoms with Crippen LogP contribution in [0, 0.1) is 0 Å². The van der Waals surface area contributed by atoms with Crippen molar-refractivity contribution >= 4 is 51.7 Å². The van der Waals surface area contributed by atoms with E-state index in [-0.39, 0.29) is 130 Å². The molecule has 1 N–H and O–H groups in total. The van der Waals surface area contributed by atoms with Crippen LogP contribution in [0.5, 0.6) is 23.0 Å². The third-order valence-electron chi connectivity index (χ3n) is 22.3. The van der Waals surface area contributed by atoms with E-state index >= 15 is 0 Å². The molecule has 0 spiro atoms. The molecule has 0 aromatic heterocycles. The number of unbranched alkanes of at least 4 members (excludes halogenated alkanes) is 9. The van der Waals surface area contributed by atoms with Crippen LogP contribution >= 0.6 is 0 Å². The van der Waals surface area contributed by atoms with Gasteiger partial charge in [0, 0.05) is 50.3 Å². The molecule has 610 valence electrons. The monoisotopic (exact) mass is 1700 g/mol. The Labute approximate surface area is 704 Å². The Hall–Kier alpha value is -2.42. The molecule has 12 heteroatoms. The van der Waals surface area contributed by atoms with Gasteiger partial charge in [-0.25, -0.2) is 0 Å². The standard InChI is InChI=1S/2C38H60N2O2.3C6H14.C2H5O.2In.H2O/c2*1-35(2,3)27-19-25(33(41)29(21-27)37(7,8)9)23-39-17-13-15-31(39)32-16-14-18-40(32)24-26-20-28(36(4,5)6)22-30(34(26)42)38(10,11)12;3*1-3-5-6-4-2;1-2-3;;;/h2*19-22,31-32,41-42H,13-18,23-24H2,1-12H3;3*3-6H2,1-2H3;2H2,1H3;;;1H2/q;;;;;-1;2*+3;/p-5/t2*31-,32+;;;;;;;. The molecule has 4 aliphatic rings. The van der Waals surface area contributed by atoms with E-state index in [9.17, 15) is 20.4 Å². The fourth-order valence-corrected chi connectivity index (χ4v) is 15.5. The van der Waals surface area contributed by atoms with Crippen LogP contribution in [0.15, 0.2) is 48.5 Å². The molecule has 4 aromatic carbocycles. The third kappa shape index (κ3) is 32.7. The molecule has 0 amide bonds. The van der Waals surface area contributed by atoms with Crippen LogP contribution in [-0.4, -0.2) is 134 Å². The van der Waals surface area contributed by atoms with Gasteiger partial charge in [-0.1, -0.05) is 340 Å². The van der Waals surface area contributed by atoms with Crippen molar-refractivity contribution in [1.29, 1.82) is 0 Å². The normalized spacial score (nSPS) is 18.3. The van der Waals surface area contributed by atoms with Crippen molar-refractivity contribution in [3.05, 3.63) is 115 Å². The summed E-state index contributed by atoms with van der Waals surface area (Å²) >= 11 is 0. The summed E-state index contributed by atoms with van der Waals surface area (Å²) in [4.78, 5) is 10.3. The second-order valence-corrected chi connectivity index (χ2v) is 40.2. The number of hydrogen-bond donors (Lipinski definition) is 0. The van der Waals surface area contributed by atoms with Crippen LogP contribution in [0.25, 0.3) is 0 Å². The van der Waals surface area contributed by atoms with Gasteiger partial charge in [0.05, 0.1) is 0 Å². The molecule has 4 fully saturated rings. The zero-order chi connectivity index (χ0) is 80.0. The number of hydrogen-bond acceptors (Lipinski definition) is 10. The van der Waals surface area contributed by atoms with Crippen molar-refractivity contribution in [1.82, 2.24) is 19.6 Å². The van der Waals surface area contributed by atoms with E-state index in [1.807, 2.05) is 0 Å². The van der Waals surface area contributed by atoms with Gasteiger partial charge < -0.3 is 31.0 Å². The Morgan fingerprint density at radius 2 is 0.426 bits per heavy atom. The zero-order valence-electron chi connectivity index (χ0n) is 75.9. The average Bonchev–Trinajstić information content (AvgIpc) is 1.16. The van der Waals surface area contributed by atoms with Crippen molar-refractivity contribution in [3.8, 4) is 23.0 Å². The molecule has 4 atom stereocenters. The summed E-state index contributed by atoms with van der Waals surface area (Å²) in [6.07, 6.45) is 25.9. The van der Waals surface area contributed by atoms with Gasteiger partial charge in [-0.3, -0.25) is 19.6 Å². The number of nitrogens with zero attached hydrogens (tertiary/aromatic N) is 4. The molecule has 4 aromatic rings. The Kier molecular flexibility index (Phi) is 45.9. The van der Waals surface area contributed by atoms with Crippen molar-refractivity contribution in [2.75, 3.05) is 32.8 Å². The van der Waals surface area contributed by atoms with Crippen LogP contribution in [0.1, 0.15) is 410 Å². The molecule has 108 heavy (non-hydrogen) atoms. The average molecular weight is 1700 g/mol. The molecule has 0 unspecified atom stereocenters. The first-order chi connectivity index (χ1) is 48.5. The van der Waals surface area contributed by atoms with Gasteiger partial charge in [-0.05, 0) is 188 Å². The molecule has 8 rings (SSSR count). The van der Waals surface area contributed by atoms with Crippen LogP contribution < -0.4 is 25.5 Å². The molecule has 4 heterocycles. The molecule has 0 saturated carbocycles. The van der Waals surface area contributed by atoms with Crippen molar-refractivity contribution in [2.45, 2.75) is 437 Å². The predicted molar refractivity (Wildman–Crippen MR) is 460 cm³/mol. The summed E-state index contributed by atoms with van der Waals surface area (Å²) in [7, 11) is 0. The van der Waals surface area contributed by atoms with Crippen LogP contribution in [0.4, 0.5) is 0 Å². The minimum absolute atomic E-state index is 0. The second-order valence-electron chi connectivity index (χ2n) is 40.2. The largest absolute Gasteiger partial charge is 3.00 e. The van der Waals surface area contributed by atoms with E-state index in [1.165, 1.54) is 99.3 Å². The maximum absolute atomic E-state index is 13.8. The van der Waals surface area contributed by atoms with E-state index in [0.29, 0.717) is 50.3 Å². The summed E-state index contributed by atoms with van der Waals surface area (Å²) in [5, 5.41) is 64.2. The SMILES string of the molecule is CC(C)(C)c1cc(CN2CCC[C@@H]2[C@@H]2CCCN2Cc2cc(C(C)(C)C)cc(C(C)(C)C)c2[O-])c([O-])c(C(C)(C)C)c1.CC(C)(C)c1cc(CN2CCC[C@@H]2[C@@H]2CCCN2Cc2cc(C(C)(C)C)cc(C(C)(C)C)c2[O-])c([O-])c(C(C)(C)C)c1.CCCCCC.CCCCCC.CCCCCC.CC[O-].[In+3].[In+3].[OH-]. The Bertz CT molecular complexity index is 2760. The van der Waals surface area contributed by atoms with Crippen molar-refractivity contribution in [3.63, 3.8) is 0 Å². The Morgan fingerprint density at radius 1 is 0.278 bits per heavy atom. The summed E-state index contributed by atoms with van der Waals surface area (Å²) in [5.74, 6) is 0.867. The van der Waals surface area contributed by atoms with Gasteiger partial charge in [0.2, 0.25) is 0 Å². The summed E-state index contributed by atoms with van der Waals surface area (Å²) in [6.45, 7) is 74.6. The number of rotatable bonds is 19. The molecule has 0 aliphatic carbocycles. The van der Waals surface area contributed by atoms with Gasteiger partial charge in [-0.15, -0.1) is 29.6 Å². The van der Waals surface area contributed by atoms with E-state index in [0.717, 1.165) is 122 Å². The molecule has 0 bridgehead atoms. The molecule has 4 aliphatic heterocycles. The maximum atomic E-state index is 13.8. The Morgan fingerprint density at radius 3 is 0.546 bits per heavy atom. The first-order valence-corrected chi connectivity index (χ1v) is 42.5. The molecular formula is C96H164In2N4O6. The van der Waals surface area contributed by atoms with Gasteiger partial charge in [0.15, 0.2) is 0 Å². The Balaban J connectivity index is 0.00000164. The van der Waals surface area contributed by atoms with E-state index in [2.05, 4.69) is 276 Å². The number of benzene rings is 4. The summed E-state index contributed by atoms with van der Waals surface area (Å²) in [6, 6.07) is 19.0. The van der Waals surface area contributed by atoms with Crippen molar-refractivity contribution < 1.29 is 31.0 Å². The molecular weight excluding hydrogens is 1530 g/mol. The summed E-state index contributed by atoms with van der Waals surface area (Å²) < 4.78 is 0. The van der Waals surface area contributed by atoms with Gasteiger partial charge in [0.25, 0.3) is 0 Å². The van der Waals surface area contributed by atoms with Crippen LogP contribution in [0.3, 0.4) is 0 Å². The smallest absolute Gasteiger partial charge is 0.872 e. The minimum atomic E-state index is -0.191. The van der Waals surface area contributed by atoms with Gasteiger partial charge >= 0.3 is 51.7 Å². The first kappa shape index (κ1) is 106. The third-order valence-corrected chi connectivity index (χ3v) is 22.3. The molecule has 4 saturated heterocycles. The van der Waals surface area contributed by atoms with Gasteiger partial charge in [0.1, 0.15) is 0 Å². The quantitative estimate of drug-likeness (QED) is 0.0827. The summed E-state index contributed by atoms with van der Waals surface area (Å²) in [5.41, 5.74) is 11.7. The first-order valence-electron chi connectivity index (χ1n) is 42.5. The topological polar surface area (TPSA) is 158 Å². The fraction of sp³-hybridized carbons (Fsp3) is 0.750. The van der Waals surface area contributed by atoms with E-state index < -0.39 is 0 Å². The van der Waals surface area contributed by atoms with E-state index in [4.69, 9.17) is 5.11 Å². The van der Waals surface area contributed by atoms with Crippen LogP contribution in [0.2, 0.25) is 0 Å². The second kappa shape index (κ2) is 47.0. The fourth-order valence-electron chi connectivity index (χ4n) is 15.5. The molecule has 0 radical (unpaired) electrons. The zero-order valence-corrected chi connectivity index (χ0v) is 82.5. The van der Waals surface area contributed by atoms with E-state index in [1.54, 1.807) is 6.92 Å². The van der Waals surface area contributed by atoms with Crippen LogP contribution in [-0.2, 0) is 69.5 Å². The van der Waals surface area contributed by atoms with Gasteiger partial charge in [-0.2, -0.15) is 0 Å².